The SMILES string of the molecule is CCc1ccc(C23CC4CC(CC(COC(=O)C(F)(F)SOOO)(C4)C2)C3)c2ccccc12. The minimum Gasteiger partial charge on any atom is -0.460 e. The van der Waals surface area contributed by atoms with Gasteiger partial charge >= 0.3 is 11.2 Å². The number of ether oxygens (including phenoxy) is 1. The van der Waals surface area contributed by atoms with Crippen molar-refractivity contribution in [2.24, 2.45) is 17.3 Å². The molecule has 2 unspecified atom stereocenters. The van der Waals surface area contributed by atoms with Gasteiger partial charge in [-0.25, -0.2) is 10.1 Å². The summed E-state index contributed by atoms with van der Waals surface area (Å²) in [7, 11) is 0. The molecular formula is C25H28F2O5S. The highest BCUT2D eigenvalue weighted by Gasteiger charge is 2.59. The lowest BCUT2D eigenvalue weighted by Gasteiger charge is -2.62. The van der Waals surface area contributed by atoms with Crippen molar-refractivity contribution in [3.63, 3.8) is 0 Å². The molecule has 2 aromatic carbocycles. The summed E-state index contributed by atoms with van der Waals surface area (Å²) < 4.78 is 36.8. The molecule has 0 radical (unpaired) electrons. The summed E-state index contributed by atoms with van der Waals surface area (Å²) in [5.74, 6) is -0.654. The molecule has 178 valence electrons. The fourth-order valence-electron chi connectivity index (χ4n) is 7.46. The number of carbonyl (C=O) groups is 1. The van der Waals surface area contributed by atoms with Crippen LogP contribution in [0.4, 0.5) is 8.78 Å². The molecule has 0 aliphatic heterocycles. The van der Waals surface area contributed by atoms with Gasteiger partial charge in [0.1, 0.15) is 12.0 Å². The Morgan fingerprint density at radius 3 is 2.48 bits per heavy atom. The Morgan fingerprint density at radius 2 is 1.82 bits per heavy atom. The summed E-state index contributed by atoms with van der Waals surface area (Å²) in [6.07, 6.45) is 6.97. The molecule has 4 aliphatic rings. The van der Waals surface area contributed by atoms with E-state index >= 15 is 0 Å². The number of aryl methyl sites for hydroxylation is 1. The first-order valence-electron chi connectivity index (χ1n) is 11.5. The number of rotatable bonds is 8. The van der Waals surface area contributed by atoms with Crippen LogP contribution in [0, 0.1) is 17.3 Å². The van der Waals surface area contributed by atoms with E-state index in [-0.39, 0.29) is 17.4 Å². The highest BCUT2D eigenvalue weighted by molar-refractivity contribution is 7.96. The van der Waals surface area contributed by atoms with Crippen LogP contribution in [0.25, 0.3) is 10.8 Å². The molecule has 4 aliphatic carbocycles. The van der Waals surface area contributed by atoms with Gasteiger partial charge in [-0.1, -0.05) is 48.4 Å². The minimum absolute atomic E-state index is 0.0204. The summed E-state index contributed by atoms with van der Waals surface area (Å²) in [5.41, 5.74) is 2.37. The summed E-state index contributed by atoms with van der Waals surface area (Å²) in [6, 6.07) is 13.1. The minimum atomic E-state index is -3.96. The third-order valence-electron chi connectivity index (χ3n) is 8.07. The Bertz CT molecular complexity index is 1040. The van der Waals surface area contributed by atoms with Crippen molar-refractivity contribution in [1.82, 2.24) is 0 Å². The number of alkyl halides is 2. The van der Waals surface area contributed by atoms with Crippen LogP contribution in [0.3, 0.4) is 0 Å². The van der Waals surface area contributed by atoms with E-state index < -0.39 is 23.3 Å². The molecule has 0 spiro atoms. The molecule has 0 amide bonds. The molecule has 2 aromatic rings. The average molecular weight is 479 g/mol. The Morgan fingerprint density at radius 1 is 1.12 bits per heavy atom. The number of hydrogen-bond acceptors (Lipinski definition) is 6. The molecule has 0 heterocycles. The van der Waals surface area contributed by atoms with E-state index in [1.54, 1.807) is 0 Å². The lowest BCUT2D eigenvalue weighted by molar-refractivity contribution is -0.433. The molecular weight excluding hydrogens is 450 g/mol. The zero-order valence-corrected chi connectivity index (χ0v) is 19.3. The van der Waals surface area contributed by atoms with Crippen molar-refractivity contribution in [3.05, 3.63) is 47.5 Å². The maximum Gasteiger partial charge on any atom is 0.415 e. The van der Waals surface area contributed by atoms with E-state index in [2.05, 4.69) is 52.7 Å². The van der Waals surface area contributed by atoms with E-state index in [1.807, 2.05) is 0 Å². The van der Waals surface area contributed by atoms with Crippen LogP contribution in [-0.2, 0) is 30.7 Å². The number of hydrogen-bond donors (Lipinski definition) is 1. The van der Waals surface area contributed by atoms with Crippen molar-refractivity contribution in [2.45, 2.75) is 62.5 Å². The quantitative estimate of drug-likeness (QED) is 0.204. The number of benzene rings is 2. The normalized spacial score (nSPS) is 30.7. The van der Waals surface area contributed by atoms with E-state index in [0.717, 1.165) is 44.9 Å². The summed E-state index contributed by atoms with van der Waals surface area (Å²) >= 11 is -0.575. The van der Waals surface area contributed by atoms with Gasteiger partial charge in [0.15, 0.2) is 0 Å². The fourth-order valence-corrected chi connectivity index (χ4v) is 7.71. The van der Waals surface area contributed by atoms with Crippen molar-refractivity contribution < 1.29 is 32.9 Å². The highest BCUT2D eigenvalue weighted by Crippen LogP contribution is 2.66. The second-order valence-electron chi connectivity index (χ2n) is 10.2. The van der Waals surface area contributed by atoms with Crippen molar-refractivity contribution in [2.75, 3.05) is 6.61 Å². The third kappa shape index (κ3) is 4.05. The van der Waals surface area contributed by atoms with E-state index in [1.165, 1.54) is 21.9 Å². The van der Waals surface area contributed by atoms with E-state index in [9.17, 15) is 13.6 Å². The van der Waals surface area contributed by atoms with Crippen LogP contribution in [0.1, 0.15) is 56.6 Å². The van der Waals surface area contributed by atoms with Crippen molar-refractivity contribution in [3.8, 4) is 0 Å². The Labute approximate surface area is 195 Å². The van der Waals surface area contributed by atoms with E-state index in [0.29, 0.717) is 11.8 Å². The zero-order chi connectivity index (χ0) is 23.3. The maximum absolute atomic E-state index is 13.9. The van der Waals surface area contributed by atoms with Gasteiger partial charge in [0.2, 0.25) is 0 Å². The monoisotopic (exact) mass is 478 g/mol. The molecule has 0 aromatic heterocycles. The zero-order valence-electron chi connectivity index (χ0n) is 18.5. The van der Waals surface area contributed by atoms with Gasteiger partial charge in [-0.2, -0.15) is 8.78 Å². The smallest absolute Gasteiger partial charge is 0.415 e. The molecule has 4 saturated carbocycles. The first kappa shape index (κ1) is 23.0. The molecule has 5 nitrogen and oxygen atoms in total. The van der Waals surface area contributed by atoms with Crippen molar-refractivity contribution >= 4 is 28.8 Å². The summed E-state index contributed by atoms with van der Waals surface area (Å²) in [4.78, 5) is 12.0. The maximum atomic E-state index is 13.9. The molecule has 2 atom stereocenters. The number of esters is 1. The van der Waals surface area contributed by atoms with Gasteiger partial charge in [-0.05, 0) is 84.1 Å². The Kier molecular flexibility index (Phi) is 5.92. The van der Waals surface area contributed by atoms with Crippen LogP contribution in [-0.4, -0.2) is 23.1 Å². The molecule has 6 rings (SSSR count). The molecule has 1 N–H and O–H groups in total. The predicted octanol–water partition coefficient (Wildman–Crippen LogP) is 6.45. The Balaban J connectivity index is 1.44. The summed E-state index contributed by atoms with van der Waals surface area (Å²) in [6.45, 7) is 2.14. The first-order valence-corrected chi connectivity index (χ1v) is 12.3. The predicted molar refractivity (Wildman–Crippen MR) is 120 cm³/mol. The summed E-state index contributed by atoms with van der Waals surface area (Å²) in [5, 5.41) is 9.92. The largest absolute Gasteiger partial charge is 0.460 e. The standard InChI is InChI=1S/C25H28F2O5S/c1-2-18-7-8-21(20-6-4-3-5-19(18)20)24-12-16-9-17(13-24)11-23(10-16,14-24)15-30-22(28)25(26,27)33-32-31-29/h3-8,16-17,29H,2,9-15H2,1H3. The third-order valence-corrected chi connectivity index (χ3v) is 8.57. The van der Waals surface area contributed by atoms with Crippen LogP contribution in [0.5, 0.6) is 0 Å². The second kappa shape index (κ2) is 8.48. The first-order chi connectivity index (χ1) is 15.8. The van der Waals surface area contributed by atoms with E-state index in [4.69, 9.17) is 9.99 Å². The molecule has 8 heteroatoms. The molecule has 4 bridgehead atoms. The molecule has 0 saturated heterocycles. The van der Waals surface area contributed by atoms with Crippen LogP contribution >= 0.6 is 12.0 Å². The molecule has 33 heavy (non-hydrogen) atoms. The average Bonchev–Trinajstić information content (AvgIpc) is 2.79. The lowest BCUT2D eigenvalue weighted by atomic mass is 9.43. The van der Waals surface area contributed by atoms with Crippen LogP contribution in [0.15, 0.2) is 36.4 Å². The second-order valence-corrected chi connectivity index (χ2v) is 11.0. The fraction of sp³-hybridized carbons (Fsp3) is 0.560. The van der Waals surface area contributed by atoms with Gasteiger partial charge in [0.25, 0.3) is 0 Å². The van der Waals surface area contributed by atoms with Gasteiger partial charge in [-0.3, -0.25) is 0 Å². The number of carbonyl (C=O) groups excluding carboxylic acids is 1. The van der Waals surface area contributed by atoms with Gasteiger partial charge in [-0.15, -0.1) is 4.33 Å². The topological polar surface area (TPSA) is 65.0 Å². The highest BCUT2D eigenvalue weighted by atomic mass is 32.2. The number of fused-ring (bicyclic) bond motifs is 1. The molecule has 4 fully saturated rings. The lowest BCUT2D eigenvalue weighted by Crippen LogP contribution is -2.56. The van der Waals surface area contributed by atoms with Crippen LogP contribution in [0.2, 0.25) is 0 Å². The number of halogens is 2. The van der Waals surface area contributed by atoms with Gasteiger partial charge < -0.3 is 4.74 Å². The Hall–Kier alpha value is -1.74. The van der Waals surface area contributed by atoms with Crippen LogP contribution < -0.4 is 0 Å². The van der Waals surface area contributed by atoms with Crippen molar-refractivity contribution in [1.29, 1.82) is 0 Å². The van der Waals surface area contributed by atoms with Gasteiger partial charge in [0.05, 0.1) is 6.61 Å². The van der Waals surface area contributed by atoms with Gasteiger partial charge in [0, 0.05) is 5.41 Å².